The van der Waals surface area contributed by atoms with Crippen LogP contribution in [0.3, 0.4) is 0 Å². The van der Waals surface area contributed by atoms with Gasteiger partial charge in [0, 0.05) is 6.54 Å². The Morgan fingerprint density at radius 2 is 1.45 bits per heavy atom. The van der Waals surface area contributed by atoms with Gasteiger partial charge in [-0.15, -0.1) is 0 Å². The quantitative estimate of drug-likeness (QED) is 0.201. The Labute approximate surface area is 263 Å². The molecule has 5 amide bonds. The van der Waals surface area contributed by atoms with Crippen LogP contribution in [-0.4, -0.2) is 77.7 Å². The zero-order valence-corrected chi connectivity index (χ0v) is 28.0. The van der Waals surface area contributed by atoms with Crippen molar-refractivity contribution in [2.24, 2.45) is 17.1 Å². The summed E-state index contributed by atoms with van der Waals surface area (Å²) in [6.07, 6.45) is 11.1. The molecule has 0 aromatic carbocycles. The summed E-state index contributed by atoms with van der Waals surface area (Å²) in [6, 6.07) is -3.60. The number of urea groups is 1. The Morgan fingerprint density at radius 1 is 0.886 bits per heavy atom. The summed E-state index contributed by atoms with van der Waals surface area (Å²) < 4.78 is 4.99. The third-order valence-corrected chi connectivity index (χ3v) is 7.66. The van der Waals surface area contributed by atoms with Crippen LogP contribution in [0.1, 0.15) is 119 Å². The molecule has 0 aromatic heterocycles. The van der Waals surface area contributed by atoms with E-state index in [1.807, 2.05) is 0 Å². The van der Waals surface area contributed by atoms with Crippen LogP contribution in [0.15, 0.2) is 0 Å². The lowest BCUT2D eigenvalue weighted by molar-refractivity contribution is -0.146. The lowest BCUT2D eigenvalue weighted by Gasteiger charge is -2.36. The second-order valence-electron chi connectivity index (χ2n) is 13.3. The zero-order chi connectivity index (χ0) is 33.4. The van der Waals surface area contributed by atoms with E-state index in [-0.39, 0.29) is 18.6 Å². The van der Waals surface area contributed by atoms with Crippen LogP contribution in [0.2, 0.25) is 0 Å². The number of nitrogens with zero attached hydrogens (tertiary/aromatic N) is 1. The lowest BCUT2D eigenvalue weighted by Crippen LogP contribution is -2.60. The number of rotatable bonds is 11. The Balaban J connectivity index is 0.00000123. The van der Waals surface area contributed by atoms with E-state index in [9.17, 15) is 28.8 Å². The van der Waals surface area contributed by atoms with Crippen molar-refractivity contribution in [3.8, 4) is 0 Å². The fraction of sp³-hybridized carbons (Fsp3) is 0.812. The van der Waals surface area contributed by atoms with E-state index < -0.39 is 59.0 Å². The van der Waals surface area contributed by atoms with Crippen LogP contribution in [0.5, 0.6) is 0 Å². The van der Waals surface area contributed by atoms with Crippen molar-refractivity contribution in [2.45, 2.75) is 143 Å². The Bertz CT molecular complexity index is 967. The fourth-order valence-electron chi connectivity index (χ4n) is 4.74. The highest BCUT2D eigenvalue weighted by atomic mass is 16.5. The molecule has 0 spiro atoms. The molecule has 3 atom stereocenters. The summed E-state index contributed by atoms with van der Waals surface area (Å²) in [6.45, 7) is 12.9. The van der Waals surface area contributed by atoms with Crippen molar-refractivity contribution in [2.75, 3.05) is 13.1 Å². The molecule has 2 aliphatic carbocycles. The molecule has 5 N–H and O–H groups in total. The minimum absolute atomic E-state index is 0.237. The van der Waals surface area contributed by atoms with Crippen molar-refractivity contribution in [1.29, 1.82) is 0 Å². The number of Topliss-reactive ketones (excluding diaryl/α,β-unsaturated/α-hetero) is 1. The van der Waals surface area contributed by atoms with E-state index in [0.717, 1.165) is 19.3 Å². The first-order chi connectivity index (χ1) is 20.6. The van der Waals surface area contributed by atoms with Crippen molar-refractivity contribution in [1.82, 2.24) is 20.9 Å². The Hall–Kier alpha value is -3.18. The molecule has 3 fully saturated rings. The zero-order valence-electron chi connectivity index (χ0n) is 28.0. The molecular weight excluding hydrogens is 566 g/mol. The maximum atomic E-state index is 13.6. The molecule has 12 nitrogen and oxygen atoms in total. The maximum Gasteiger partial charge on any atom is 0.325 e. The summed E-state index contributed by atoms with van der Waals surface area (Å²) in [5.74, 6) is -3.31. The number of nitrogens with two attached hydrogens (primary N) is 1. The number of esters is 1. The molecular formula is C32H57N5O7. The molecule has 1 heterocycles. The molecule has 3 rings (SSSR count). The second kappa shape index (κ2) is 19.3. The van der Waals surface area contributed by atoms with Gasteiger partial charge in [-0.1, -0.05) is 86.0 Å². The number of primary amides is 1. The van der Waals surface area contributed by atoms with Crippen LogP contribution in [-0.2, 0) is 28.7 Å². The largest absolute Gasteiger partial charge is 0.462 e. The lowest BCUT2D eigenvalue weighted by atomic mass is 9.80. The number of likely N-dealkylation sites (tertiary alicyclic amines) is 1. The van der Waals surface area contributed by atoms with E-state index >= 15 is 0 Å². The number of carbonyl (C=O) groups is 6. The van der Waals surface area contributed by atoms with Crippen molar-refractivity contribution < 1.29 is 33.5 Å². The normalized spacial score (nSPS) is 18.9. The number of ketones is 1. The molecule has 1 saturated heterocycles. The average molecular weight is 624 g/mol. The molecule has 3 unspecified atom stereocenters. The van der Waals surface area contributed by atoms with Crippen molar-refractivity contribution in [3.63, 3.8) is 0 Å². The molecule has 2 saturated carbocycles. The van der Waals surface area contributed by atoms with Crippen molar-refractivity contribution >= 4 is 35.5 Å². The molecule has 44 heavy (non-hydrogen) atoms. The van der Waals surface area contributed by atoms with Gasteiger partial charge in [-0.2, -0.15) is 0 Å². The summed E-state index contributed by atoms with van der Waals surface area (Å²) in [4.78, 5) is 76.2. The van der Waals surface area contributed by atoms with Crippen LogP contribution >= 0.6 is 0 Å². The third kappa shape index (κ3) is 13.6. The second-order valence-corrected chi connectivity index (χ2v) is 13.3. The van der Waals surface area contributed by atoms with Gasteiger partial charge in [0.05, 0.1) is 12.1 Å². The predicted molar refractivity (Wildman–Crippen MR) is 168 cm³/mol. The first kappa shape index (κ1) is 38.8. The molecule has 1 aliphatic heterocycles. The van der Waals surface area contributed by atoms with E-state index in [2.05, 4.69) is 29.8 Å². The van der Waals surface area contributed by atoms with Crippen LogP contribution < -0.4 is 21.7 Å². The van der Waals surface area contributed by atoms with Gasteiger partial charge in [0.2, 0.25) is 17.6 Å². The SMILES string of the molecule is C1CCC1.CC(C)OC(=O)CNC(=O)NC(C(=O)N1CCCC1C(=O)NC(CC1CCC1)C(=O)C(N)=O)C(C)(C)C.CCC. The topological polar surface area (TPSA) is 177 Å². The van der Waals surface area contributed by atoms with E-state index in [1.165, 1.54) is 37.0 Å². The van der Waals surface area contributed by atoms with Gasteiger partial charge in [0.15, 0.2) is 0 Å². The summed E-state index contributed by atoms with van der Waals surface area (Å²) in [5.41, 5.74) is 4.48. The van der Waals surface area contributed by atoms with Crippen LogP contribution in [0.4, 0.5) is 4.79 Å². The first-order valence-corrected chi connectivity index (χ1v) is 16.3. The predicted octanol–water partition coefficient (Wildman–Crippen LogP) is 3.35. The smallest absolute Gasteiger partial charge is 0.325 e. The number of hydrogen-bond acceptors (Lipinski definition) is 7. The van der Waals surface area contributed by atoms with E-state index in [1.54, 1.807) is 34.6 Å². The van der Waals surface area contributed by atoms with Crippen LogP contribution in [0, 0.1) is 11.3 Å². The van der Waals surface area contributed by atoms with Gasteiger partial charge in [0.1, 0.15) is 18.6 Å². The van der Waals surface area contributed by atoms with E-state index in [4.69, 9.17) is 10.5 Å². The highest BCUT2D eigenvalue weighted by molar-refractivity contribution is 6.37. The fourth-order valence-corrected chi connectivity index (χ4v) is 4.74. The number of hydrogen-bond donors (Lipinski definition) is 4. The minimum atomic E-state index is -1.11. The van der Waals surface area contributed by atoms with Gasteiger partial charge >= 0.3 is 12.0 Å². The highest BCUT2D eigenvalue weighted by Gasteiger charge is 2.43. The Kier molecular flexibility index (Phi) is 17.0. The van der Waals surface area contributed by atoms with Gasteiger partial charge in [-0.25, -0.2) is 4.79 Å². The molecule has 252 valence electrons. The van der Waals surface area contributed by atoms with Gasteiger partial charge in [0.25, 0.3) is 5.91 Å². The Morgan fingerprint density at radius 3 is 1.89 bits per heavy atom. The molecule has 12 heteroatoms. The highest BCUT2D eigenvalue weighted by Crippen LogP contribution is 2.31. The molecule has 0 bridgehead atoms. The number of amides is 5. The third-order valence-electron chi connectivity index (χ3n) is 7.66. The van der Waals surface area contributed by atoms with Crippen molar-refractivity contribution in [3.05, 3.63) is 0 Å². The molecule has 3 aliphatic rings. The summed E-state index contributed by atoms with van der Waals surface area (Å²) >= 11 is 0. The monoisotopic (exact) mass is 623 g/mol. The number of ether oxygens (including phenoxy) is 1. The maximum absolute atomic E-state index is 13.6. The molecule has 0 aromatic rings. The van der Waals surface area contributed by atoms with E-state index in [0.29, 0.717) is 25.8 Å². The van der Waals surface area contributed by atoms with Gasteiger partial charge < -0.3 is 31.3 Å². The number of nitrogens with one attached hydrogen (secondary N) is 3. The van der Waals surface area contributed by atoms with Gasteiger partial charge in [-0.3, -0.25) is 24.0 Å². The standard InChI is InChI=1S/C25H41N5O7.C4H8.C3H8/c1-14(2)37-18(31)13-27-24(36)29-20(25(3,4)5)23(35)30-11-7-10-17(30)22(34)28-16(19(32)21(26)33)12-15-8-6-9-15;1-2-4-3-1;1-3-2/h14-17,20H,6-13H2,1-5H3,(H2,26,33)(H,28,34)(H2,27,29,36);1-4H2;3H2,1-2H3. The van der Waals surface area contributed by atoms with Crippen LogP contribution in [0.25, 0.3) is 0 Å². The first-order valence-electron chi connectivity index (χ1n) is 16.3. The minimum Gasteiger partial charge on any atom is -0.462 e. The summed E-state index contributed by atoms with van der Waals surface area (Å²) in [7, 11) is 0. The number of carbonyl (C=O) groups excluding carboxylic acids is 6. The van der Waals surface area contributed by atoms with Gasteiger partial charge in [-0.05, 0) is 44.4 Å². The summed E-state index contributed by atoms with van der Waals surface area (Å²) in [5, 5.41) is 7.67. The molecule has 0 radical (unpaired) electrons. The average Bonchev–Trinajstić information content (AvgIpc) is 3.35.